The van der Waals surface area contributed by atoms with Gasteiger partial charge in [0.15, 0.2) is 5.78 Å². The summed E-state index contributed by atoms with van der Waals surface area (Å²) < 4.78 is 3.32. The Labute approximate surface area is 132 Å². The van der Waals surface area contributed by atoms with Gasteiger partial charge in [0.25, 0.3) is 0 Å². The molecule has 0 saturated heterocycles. The summed E-state index contributed by atoms with van der Waals surface area (Å²) in [7, 11) is 1.77. The minimum absolute atomic E-state index is 0.0904. The summed E-state index contributed by atoms with van der Waals surface area (Å²) in [4.78, 5) is 12.0. The highest BCUT2D eigenvalue weighted by Crippen LogP contribution is 2.14. The summed E-state index contributed by atoms with van der Waals surface area (Å²) >= 11 is 5.86. The van der Waals surface area contributed by atoms with Crippen molar-refractivity contribution >= 4 is 23.5 Å². The topological polar surface area (TPSA) is 52.7 Å². The number of carbonyl (C=O) groups excluding carboxylic acids is 1. The second kappa shape index (κ2) is 5.99. The quantitative estimate of drug-likeness (QED) is 0.549. The number of hydrogen-bond acceptors (Lipinski definition) is 3. The molecule has 0 spiro atoms. The molecule has 1 aromatic carbocycles. The lowest BCUT2D eigenvalue weighted by Gasteiger charge is -1.99. The zero-order chi connectivity index (χ0) is 15.5. The first-order chi connectivity index (χ1) is 10.6. The molecule has 0 unspecified atom stereocenters. The molecule has 0 atom stereocenters. The summed E-state index contributed by atoms with van der Waals surface area (Å²) in [6.45, 7) is 0. The van der Waals surface area contributed by atoms with Gasteiger partial charge in [-0.1, -0.05) is 11.6 Å². The Morgan fingerprint density at radius 3 is 2.59 bits per heavy atom. The van der Waals surface area contributed by atoms with Gasteiger partial charge in [0.05, 0.1) is 23.6 Å². The highest BCUT2D eigenvalue weighted by molar-refractivity contribution is 6.30. The van der Waals surface area contributed by atoms with Gasteiger partial charge in [0, 0.05) is 30.0 Å². The molecule has 0 bridgehead atoms. The first-order valence-corrected chi connectivity index (χ1v) is 7.01. The SMILES string of the molecule is Cn1cc(C(=O)/C=C/c2cnn(-c3ccc(Cl)cc3)c2)cn1. The van der Waals surface area contributed by atoms with Crippen molar-refractivity contribution in [3.05, 3.63) is 71.3 Å². The molecule has 0 amide bonds. The molecule has 110 valence electrons. The molecular formula is C16H13ClN4O. The third-order valence-electron chi connectivity index (χ3n) is 3.11. The minimum atomic E-state index is -0.0904. The lowest BCUT2D eigenvalue weighted by molar-refractivity contribution is 0.104. The summed E-state index contributed by atoms with van der Waals surface area (Å²) in [6, 6.07) is 7.37. The van der Waals surface area contributed by atoms with Gasteiger partial charge in [-0.25, -0.2) is 4.68 Å². The van der Waals surface area contributed by atoms with Crippen molar-refractivity contribution in [2.24, 2.45) is 7.05 Å². The molecule has 2 aromatic heterocycles. The highest BCUT2D eigenvalue weighted by atomic mass is 35.5. The zero-order valence-corrected chi connectivity index (χ0v) is 12.6. The fraction of sp³-hybridized carbons (Fsp3) is 0.0625. The van der Waals surface area contributed by atoms with Crippen molar-refractivity contribution in [2.45, 2.75) is 0 Å². The first-order valence-electron chi connectivity index (χ1n) is 6.63. The van der Waals surface area contributed by atoms with E-state index in [1.807, 2.05) is 18.3 Å². The van der Waals surface area contributed by atoms with E-state index in [1.54, 1.807) is 53.2 Å². The Morgan fingerprint density at radius 1 is 1.14 bits per heavy atom. The summed E-state index contributed by atoms with van der Waals surface area (Å²) in [5.41, 5.74) is 2.30. The predicted molar refractivity (Wildman–Crippen MR) is 85.1 cm³/mol. The van der Waals surface area contributed by atoms with Crippen molar-refractivity contribution < 1.29 is 4.79 Å². The van der Waals surface area contributed by atoms with E-state index in [0.29, 0.717) is 10.6 Å². The van der Waals surface area contributed by atoms with Crippen LogP contribution < -0.4 is 0 Å². The van der Waals surface area contributed by atoms with Crippen molar-refractivity contribution in [1.29, 1.82) is 0 Å². The van der Waals surface area contributed by atoms with Crippen LogP contribution in [0.5, 0.6) is 0 Å². The Hall–Kier alpha value is -2.66. The van der Waals surface area contributed by atoms with Crippen molar-refractivity contribution in [3.63, 3.8) is 0 Å². The van der Waals surface area contributed by atoms with E-state index in [-0.39, 0.29) is 5.78 Å². The summed E-state index contributed by atoms with van der Waals surface area (Å²) in [5.74, 6) is -0.0904. The van der Waals surface area contributed by atoms with Gasteiger partial charge in [-0.05, 0) is 36.4 Å². The van der Waals surface area contributed by atoms with Crippen LogP contribution in [-0.2, 0) is 7.05 Å². The van der Waals surface area contributed by atoms with Crippen molar-refractivity contribution in [3.8, 4) is 5.69 Å². The van der Waals surface area contributed by atoms with Gasteiger partial charge in [-0.15, -0.1) is 0 Å². The van der Waals surface area contributed by atoms with Crippen LogP contribution in [0.25, 0.3) is 11.8 Å². The number of benzene rings is 1. The van der Waals surface area contributed by atoms with Crippen LogP contribution >= 0.6 is 11.6 Å². The zero-order valence-electron chi connectivity index (χ0n) is 11.8. The second-order valence-electron chi connectivity index (χ2n) is 4.79. The van der Waals surface area contributed by atoms with E-state index >= 15 is 0 Å². The molecular weight excluding hydrogens is 300 g/mol. The minimum Gasteiger partial charge on any atom is -0.289 e. The maximum Gasteiger partial charge on any atom is 0.189 e. The molecule has 0 aliphatic carbocycles. The van der Waals surface area contributed by atoms with E-state index in [0.717, 1.165) is 11.3 Å². The number of aromatic nitrogens is 4. The maximum atomic E-state index is 12.0. The van der Waals surface area contributed by atoms with Crippen LogP contribution in [0.2, 0.25) is 5.02 Å². The van der Waals surface area contributed by atoms with E-state index < -0.39 is 0 Å². The van der Waals surface area contributed by atoms with Crippen LogP contribution in [0.15, 0.2) is 55.1 Å². The Kier molecular flexibility index (Phi) is 3.89. The molecule has 0 saturated carbocycles. The lowest BCUT2D eigenvalue weighted by Crippen LogP contribution is -1.93. The molecule has 0 N–H and O–H groups in total. The average molecular weight is 313 g/mol. The largest absolute Gasteiger partial charge is 0.289 e. The molecule has 5 nitrogen and oxygen atoms in total. The number of hydrogen-bond donors (Lipinski definition) is 0. The van der Waals surface area contributed by atoms with Gasteiger partial charge in [0.2, 0.25) is 0 Å². The van der Waals surface area contributed by atoms with E-state index in [9.17, 15) is 4.79 Å². The van der Waals surface area contributed by atoms with Gasteiger partial charge in [0.1, 0.15) is 0 Å². The smallest absolute Gasteiger partial charge is 0.189 e. The van der Waals surface area contributed by atoms with E-state index in [4.69, 9.17) is 11.6 Å². The lowest BCUT2D eigenvalue weighted by atomic mass is 10.2. The third kappa shape index (κ3) is 3.15. The fourth-order valence-electron chi connectivity index (χ4n) is 1.97. The predicted octanol–water partition coefficient (Wildman–Crippen LogP) is 3.16. The van der Waals surface area contributed by atoms with E-state index in [2.05, 4.69) is 10.2 Å². The molecule has 0 radical (unpaired) electrons. The highest BCUT2D eigenvalue weighted by Gasteiger charge is 2.04. The van der Waals surface area contributed by atoms with Gasteiger partial charge < -0.3 is 0 Å². The number of rotatable bonds is 4. The van der Waals surface area contributed by atoms with Crippen LogP contribution in [0, 0.1) is 0 Å². The normalized spacial score (nSPS) is 11.2. The molecule has 0 aliphatic rings. The van der Waals surface area contributed by atoms with E-state index in [1.165, 1.54) is 6.08 Å². The van der Waals surface area contributed by atoms with Crippen LogP contribution in [0.4, 0.5) is 0 Å². The number of aryl methyl sites for hydroxylation is 1. The fourth-order valence-corrected chi connectivity index (χ4v) is 2.10. The number of halogens is 1. The molecule has 0 aliphatic heterocycles. The van der Waals surface area contributed by atoms with Crippen LogP contribution in [0.1, 0.15) is 15.9 Å². The Balaban J connectivity index is 1.75. The van der Waals surface area contributed by atoms with Crippen LogP contribution in [-0.4, -0.2) is 25.3 Å². The monoisotopic (exact) mass is 312 g/mol. The Morgan fingerprint density at radius 2 is 1.91 bits per heavy atom. The third-order valence-corrected chi connectivity index (χ3v) is 3.36. The molecule has 3 rings (SSSR count). The van der Waals surface area contributed by atoms with Crippen molar-refractivity contribution in [1.82, 2.24) is 19.6 Å². The molecule has 6 heteroatoms. The molecule has 2 heterocycles. The number of allylic oxidation sites excluding steroid dienone is 1. The maximum absolute atomic E-state index is 12.0. The van der Waals surface area contributed by atoms with Crippen LogP contribution in [0.3, 0.4) is 0 Å². The molecule has 22 heavy (non-hydrogen) atoms. The van der Waals surface area contributed by atoms with Gasteiger partial charge >= 0.3 is 0 Å². The summed E-state index contributed by atoms with van der Waals surface area (Å²) in [5, 5.41) is 8.92. The first kappa shape index (κ1) is 14.3. The van der Waals surface area contributed by atoms with Gasteiger partial charge in [-0.2, -0.15) is 10.2 Å². The van der Waals surface area contributed by atoms with Gasteiger partial charge in [-0.3, -0.25) is 9.48 Å². The number of nitrogens with zero attached hydrogens (tertiary/aromatic N) is 4. The second-order valence-corrected chi connectivity index (χ2v) is 5.23. The standard InChI is InChI=1S/C16H13ClN4O/c1-20-11-13(9-18-20)16(22)7-2-12-8-19-21(10-12)15-5-3-14(17)4-6-15/h2-11H,1H3/b7-2+. The Bertz CT molecular complexity index is 830. The number of carbonyl (C=O) groups is 1. The van der Waals surface area contributed by atoms with Crippen molar-refractivity contribution in [2.75, 3.05) is 0 Å². The number of ketones is 1. The molecule has 3 aromatic rings. The molecule has 0 fully saturated rings. The average Bonchev–Trinajstić information content (AvgIpc) is 3.15. The summed E-state index contributed by atoms with van der Waals surface area (Å²) in [6.07, 6.45) is 10.0.